The zero-order valence-electron chi connectivity index (χ0n) is 17.6. The Morgan fingerprint density at radius 1 is 1.24 bits per heavy atom. The van der Waals surface area contributed by atoms with Gasteiger partial charge in [-0.15, -0.1) is 0 Å². The van der Waals surface area contributed by atoms with E-state index in [1.165, 1.54) is 25.7 Å². The lowest BCUT2D eigenvalue weighted by Crippen LogP contribution is -2.32. The molecule has 4 rings (SSSR count). The van der Waals surface area contributed by atoms with Crippen molar-refractivity contribution >= 4 is 29.0 Å². The minimum atomic E-state index is -0.0780. The molecule has 1 saturated carbocycles. The molecule has 1 unspecified atom stereocenters. The highest BCUT2D eigenvalue weighted by Gasteiger charge is 2.51. The zero-order chi connectivity index (χ0) is 20.9. The van der Waals surface area contributed by atoms with Gasteiger partial charge in [0.15, 0.2) is 0 Å². The molecule has 156 valence electrons. The molecule has 3 atom stereocenters. The molecule has 2 aromatic rings. The Labute approximate surface area is 182 Å². The highest BCUT2D eigenvalue weighted by molar-refractivity contribution is 6.43. The van der Waals surface area contributed by atoms with Gasteiger partial charge in [-0.1, -0.05) is 49.5 Å². The van der Waals surface area contributed by atoms with Crippen molar-refractivity contribution in [1.82, 2.24) is 9.55 Å². The lowest BCUT2D eigenvalue weighted by molar-refractivity contribution is 0.254. The number of aryl methyl sites for hydroxylation is 1. The molecule has 2 fully saturated rings. The van der Waals surface area contributed by atoms with Crippen LogP contribution in [-0.2, 0) is 0 Å². The minimum Gasteiger partial charge on any atom is -0.355 e. The smallest absolute Gasteiger partial charge is 0.263 e. The van der Waals surface area contributed by atoms with Gasteiger partial charge in [-0.3, -0.25) is 9.36 Å². The zero-order valence-corrected chi connectivity index (χ0v) is 19.1. The fraction of sp³-hybridized carbons (Fsp3) is 0.565. The number of rotatable bonds is 4. The van der Waals surface area contributed by atoms with Crippen LogP contribution in [0.25, 0.3) is 5.69 Å². The number of benzene rings is 1. The molecule has 0 N–H and O–H groups in total. The molecule has 4 nitrogen and oxygen atoms in total. The fourth-order valence-corrected chi connectivity index (χ4v) is 6.00. The lowest BCUT2D eigenvalue weighted by atomic mass is 9.78. The second-order valence-electron chi connectivity index (χ2n) is 8.83. The Kier molecular flexibility index (Phi) is 5.45. The Bertz CT molecular complexity index is 1000. The summed E-state index contributed by atoms with van der Waals surface area (Å²) in [7, 11) is 0. The van der Waals surface area contributed by atoms with E-state index in [2.05, 4.69) is 18.7 Å². The van der Waals surface area contributed by atoms with Crippen molar-refractivity contribution in [3.8, 4) is 5.69 Å². The Morgan fingerprint density at radius 3 is 2.66 bits per heavy atom. The van der Waals surface area contributed by atoms with Crippen molar-refractivity contribution in [1.29, 1.82) is 0 Å². The number of halogens is 2. The third-order valence-electron chi connectivity index (χ3n) is 7.33. The summed E-state index contributed by atoms with van der Waals surface area (Å²) in [4.78, 5) is 20.6. The number of anilines is 1. The maximum absolute atomic E-state index is 13.3. The lowest BCUT2D eigenvalue weighted by Gasteiger charge is -2.29. The summed E-state index contributed by atoms with van der Waals surface area (Å²) in [5.74, 6) is 3.01. The Morgan fingerprint density at radius 2 is 2.00 bits per heavy atom. The summed E-state index contributed by atoms with van der Waals surface area (Å²) in [5, 5.41) is 0.805. The van der Waals surface area contributed by atoms with Gasteiger partial charge in [0.1, 0.15) is 11.6 Å². The average Bonchev–Trinajstić information content (AvgIpc) is 3.22. The first-order valence-electron chi connectivity index (χ1n) is 10.6. The third-order valence-corrected chi connectivity index (χ3v) is 8.14. The van der Waals surface area contributed by atoms with Gasteiger partial charge in [-0.25, -0.2) is 4.98 Å². The molecule has 1 aromatic heterocycles. The van der Waals surface area contributed by atoms with Crippen LogP contribution in [0.4, 0.5) is 5.82 Å². The molecular formula is C23H29Cl2N3O. The van der Waals surface area contributed by atoms with Crippen molar-refractivity contribution in [2.24, 2.45) is 17.3 Å². The van der Waals surface area contributed by atoms with E-state index in [9.17, 15) is 4.79 Å². The van der Waals surface area contributed by atoms with Crippen LogP contribution >= 0.6 is 23.2 Å². The molecule has 6 heteroatoms. The summed E-state index contributed by atoms with van der Waals surface area (Å²) in [6.45, 7) is 10.4. The molecule has 29 heavy (non-hydrogen) atoms. The maximum atomic E-state index is 13.3. The van der Waals surface area contributed by atoms with E-state index in [0.29, 0.717) is 38.5 Å². The quantitative estimate of drug-likeness (QED) is 0.610. The monoisotopic (exact) mass is 433 g/mol. The van der Waals surface area contributed by atoms with Gasteiger partial charge in [0.05, 0.1) is 21.3 Å². The van der Waals surface area contributed by atoms with E-state index in [0.717, 1.165) is 24.8 Å². The largest absolute Gasteiger partial charge is 0.355 e. The summed E-state index contributed by atoms with van der Waals surface area (Å²) in [6.07, 6.45) is 5.06. The van der Waals surface area contributed by atoms with Crippen LogP contribution in [0.15, 0.2) is 23.0 Å². The van der Waals surface area contributed by atoms with Crippen molar-refractivity contribution in [3.05, 3.63) is 50.0 Å². The average molecular weight is 434 g/mol. The van der Waals surface area contributed by atoms with Gasteiger partial charge in [-0.05, 0) is 62.5 Å². The fourth-order valence-electron chi connectivity index (χ4n) is 5.62. The van der Waals surface area contributed by atoms with Crippen molar-refractivity contribution in [2.45, 2.75) is 53.4 Å². The molecule has 1 aliphatic carbocycles. The molecule has 2 heterocycles. The summed E-state index contributed by atoms with van der Waals surface area (Å²) in [5.41, 5.74) is 1.54. The van der Waals surface area contributed by atoms with Gasteiger partial charge < -0.3 is 4.90 Å². The predicted molar refractivity (Wildman–Crippen MR) is 121 cm³/mol. The topological polar surface area (TPSA) is 38.1 Å². The normalized spacial score (nSPS) is 26.2. The SMILES string of the molecule is CCC1C[C@@H]2CN(c3nc(C)n(-c4cccc(Cl)c4Cl)c(=O)c3C)C[C@]2(CC)C1. The van der Waals surface area contributed by atoms with Gasteiger partial charge in [0.2, 0.25) is 0 Å². The molecule has 0 amide bonds. The molecular weight excluding hydrogens is 405 g/mol. The van der Waals surface area contributed by atoms with Crippen LogP contribution in [0, 0.1) is 31.1 Å². The van der Waals surface area contributed by atoms with Crippen molar-refractivity contribution in [3.63, 3.8) is 0 Å². The first kappa shape index (κ1) is 20.7. The molecule has 0 spiro atoms. The van der Waals surface area contributed by atoms with E-state index < -0.39 is 0 Å². The molecule has 1 saturated heterocycles. The van der Waals surface area contributed by atoms with Gasteiger partial charge in [-0.2, -0.15) is 0 Å². The minimum absolute atomic E-state index is 0.0780. The van der Waals surface area contributed by atoms with E-state index >= 15 is 0 Å². The second kappa shape index (κ2) is 7.63. The van der Waals surface area contributed by atoms with Crippen LogP contribution in [0.2, 0.25) is 10.0 Å². The summed E-state index contributed by atoms with van der Waals surface area (Å²) in [6, 6.07) is 5.33. The van der Waals surface area contributed by atoms with Gasteiger partial charge in [0.25, 0.3) is 5.56 Å². The van der Waals surface area contributed by atoms with Crippen LogP contribution in [0.3, 0.4) is 0 Å². The Balaban J connectivity index is 1.73. The summed E-state index contributed by atoms with van der Waals surface area (Å²) < 4.78 is 1.58. The van der Waals surface area contributed by atoms with E-state index in [1.807, 2.05) is 13.8 Å². The highest BCUT2D eigenvalue weighted by Crippen LogP contribution is 2.54. The van der Waals surface area contributed by atoms with Crippen LogP contribution in [-0.4, -0.2) is 22.6 Å². The van der Waals surface area contributed by atoms with Crippen molar-refractivity contribution < 1.29 is 0 Å². The first-order chi connectivity index (χ1) is 13.8. The molecule has 1 aliphatic heterocycles. The molecule has 0 bridgehead atoms. The van der Waals surface area contributed by atoms with E-state index in [-0.39, 0.29) is 5.56 Å². The number of hydrogen-bond donors (Lipinski definition) is 0. The van der Waals surface area contributed by atoms with Gasteiger partial charge in [0, 0.05) is 13.1 Å². The summed E-state index contributed by atoms with van der Waals surface area (Å²) >= 11 is 12.6. The Hall–Kier alpha value is -1.52. The van der Waals surface area contributed by atoms with E-state index in [4.69, 9.17) is 28.2 Å². The maximum Gasteiger partial charge on any atom is 0.263 e. The highest BCUT2D eigenvalue weighted by atomic mass is 35.5. The predicted octanol–water partition coefficient (Wildman–Crippen LogP) is 5.81. The van der Waals surface area contributed by atoms with E-state index in [1.54, 1.807) is 22.8 Å². The van der Waals surface area contributed by atoms with Gasteiger partial charge >= 0.3 is 0 Å². The second-order valence-corrected chi connectivity index (χ2v) is 9.61. The molecule has 2 aliphatic rings. The number of hydrogen-bond acceptors (Lipinski definition) is 3. The standard InChI is InChI=1S/C23H29Cl2N3O/c1-5-16-10-17-12-27(13-23(17,6-2)11-16)21-14(3)22(29)28(15(4)26-21)19-9-7-8-18(24)20(19)25/h7-9,16-17H,5-6,10-13H2,1-4H3/t16?,17-,23+/m1/s1. The number of nitrogens with zero attached hydrogens (tertiary/aromatic N) is 3. The third kappa shape index (κ3) is 3.29. The van der Waals surface area contributed by atoms with Crippen molar-refractivity contribution in [2.75, 3.05) is 18.0 Å². The van der Waals surface area contributed by atoms with Crippen LogP contribution in [0.1, 0.15) is 50.9 Å². The number of fused-ring (bicyclic) bond motifs is 1. The first-order valence-corrected chi connectivity index (χ1v) is 11.4. The van der Waals surface area contributed by atoms with Crippen LogP contribution < -0.4 is 10.5 Å². The van der Waals surface area contributed by atoms with Crippen LogP contribution in [0.5, 0.6) is 0 Å². The number of aromatic nitrogens is 2. The molecule has 1 aromatic carbocycles. The molecule has 0 radical (unpaired) electrons.